The van der Waals surface area contributed by atoms with Crippen molar-refractivity contribution in [3.63, 3.8) is 0 Å². The Morgan fingerprint density at radius 2 is 1.97 bits per heavy atom. The molecule has 162 valence electrons. The highest BCUT2D eigenvalue weighted by Gasteiger charge is 2.11. The molecule has 0 aliphatic carbocycles. The van der Waals surface area contributed by atoms with Crippen LogP contribution in [0.1, 0.15) is 11.3 Å². The smallest absolute Gasteiger partial charge is 0.243 e. The number of H-pyrrole nitrogens is 1. The molecular formula is C23H20ClN5O3. The highest BCUT2D eigenvalue weighted by molar-refractivity contribution is 6.31. The maximum absolute atomic E-state index is 6.06. The monoisotopic (exact) mass is 449 g/mol. The Bertz CT molecular complexity index is 1300. The molecule has 3 aromatic heterocycles. The van der Waals surface area contributed by atoms with Gasteiger partial charge in [-0.3, -0.25) is 4.68 Å². The number of nitrogens with one attached hydrogen (secondary N) is 1. The molecule has 0 atom stereocenters. The molecule has 8 nitrogen and oxygen atoms in total. The van der Waals surface area contributed by atoms with Crippen molar-refractivity contribution in [1.29, 1.82) is 0 Å². The summed E-state index contributed by atoms with van der Waals surface area (Å²) in [6, 6.07) is 15.4. The maximum Gasteiger partial charge on any atom is 0.243 e. The summed E-state index contributed by atoms with van der Waals surface area (Å²) in [4.78, 5) is 7.80. The van der Waals surface area contributed by atoms with Crippen molar-refractivity contribution in [2.75, 3.05) is 6.61 Å². The fourth-order valence-corrected chi connectivity index (χ4v) is 3.44. The summed E-state index contributed by atoms with van der Waals surface area (Å²) in [7, 11) is 0. The second-order valence-corrected chi connectivity index (χ2v) is 7.65. The van der Waals surface area contributed by atoms with Gasteiger partial charge in [-0.2, -0.15) is 0 Å². The third-order valence-electron chi connectivity index (χ3n) is 4.88. The molecule has 0 spiro atoms. The van der Waals surface area contributed by atoms with Gasteiger partial charge in [0.05, 0.1) is 26.0 Å². The first-order valence-corrected chi connectivity index (χ1v) is 10.5. The van der Waals surface area contributed by atoms with Gasteiger partial charge >= 0.3 is 0 Å². The number of hydrogen-bond donors (Lipinski definition) is 1. The van der Waals surface area contributed by atoms with E-state index >= 15 is 0 Å². The van der Waals surface area contributed by atoms with Crippen LogP contribution in [0.2, 0.25) is 5.02 Å². The number of aromatic amines is 1. The van der Waals surface area contributed by atoms with E-state index in [2.05, 4.69) is 20.3 Å². The molecule has 32 heavy (non-hydrogen) atoms. The second kappa shape index (κ2) is 9.25. The van der Waals surface area contributed by atoms with Crippen molar-refractivity contribution in [1.82, 2.24) is 25.0 Å². The lowest BCUT2D eigenvalue weighted by Gasteiger charge is -2.07. The highest BCUT2D eigenvalue weighted by Crippen LogP contribution is 2.26. The summed E-state index contributed by atoms with van der Waals surface area (Å²) in [5, 5.41) is 9.36. The summed E-state index contributed by atoms with van der Waals surface area (Å²) >= 11 is 6.06. The Morgan fingerprint density at radius 3 is 2.81 bits per heavy atom. The number of hydrogen-bond acceptors (Lipinski definition) is 6. The van der Waals surface area contributed by atoms with Crippen LogP contribution < -0.4 is 4.74 Å². The third-order valence-corrected chi connectivity index (χ3v) is 5.12. The van der Waals surface area contributed by atoms with Crippen molar-refractivity contribution in [2.45, 2.75) is 19.8 Å². The number of nitrogens with zero attached hydrogens (tertiary/aromatic N) is 4. The number of halogens is 1. The third kappa shape index (κ3) is 4.82. The van der Waals surface area contributed by atoms with Gasteiger partial charge in [-0.15, -0.1) is 5.10 Å². The van der Waals surface area contributed by atoms with Gasteiger partial charge in [0.1, 0.15) is 30.0 Å². The van der Waals surface area contributed by atoms with Crippen LogP contribution in [-0.2, 0) is 24.5 Å². The summed E-state index contributed by atoms with van der Waals surface area (Å²) in [6.07, 6.45) is 5.06. The average Bonchev–Trinajstić information content (AvgIpc) is 3.56. The molecule has 0 radical (unpaired) electrons. The topological polar surface area (TPSA) is 91.0 Å². The molecule has 0 saturated heterocycles. The summed E-state index contributed by atoms with van der Waals surface area (Å²) in [6.45, 7) is 2.08. The van der Waals surface area contributed by atoms with Gasteiger partial charge in [-0.1, -0.05) is 28.9 Å². The number of rotatable bonds is 9. The standard InChI is InChI=1S/C23H20ClN5O3/c24-18-3-6-21-17(11-18)12-22(27-21)23-26-19(15-32-23)14-31-20-4-1-16(2-5-20)13-30-10-9-29-8-7-25-28-29/h1-8,11-12,15,27H,9-10,13-14H2. The zero-order valence-corrected chi connectivity index (χ0v) is 17.8. The van der Waals surface area contributed by atoms with E-state index in [0.717, 1.165) is 27.9 Å². The summed E-state index contributed by atoms with van der Waals surface area (Å²) < 4.78 is 18.9. The summed E-state index contributed by atoms with van der Waals surface area (Å²) in [5.41, 5.74) is 3.54. The molecule has 0 bridgehead atoms. The number of benzene rings is 2. The quantitative estimate of drug-likeness (QED) is 0.323. The molecule has 9 heteroatoms. The zero-order valence-electron chi connectivity index (χ0n) is 17.1. The van der Waals surface area contributed by atoms with E-state index in [4.69, 9.17) is 25.5 Å². The minimum Gasteiger partial charge on any atom is -0.487 e. The lowest BCUT2D eigenvalue weighted by atomic mass is 10.2. The van der Waals surface area contributed by atoms with Crippen molar-refractivity contribution >= 4 is 22.5 Å². The van der Waals surface area contributed by atoms with E-state index in [-0.39, 0.29) is 0 Å². The molecule has 5 rings (SSSR count). The number of oxazole rings is 1. The fourth-order valence-electron chi connectivity index (χ4n) is 3.25. The van der Waals surface area contributed by atoms with Crippen LogP contribution in [0, 0.1) is 0 Å². The Labute approximate surface area is 188 Å². The van der Waals surface area contributed by atoms with Crippen LogP contribution in [0.4, 0.5) is 0 Å². The highest BCUT2D eigenvalue weighted by atomic mass is 35.5. The molecule has 3 heterocycles. The average molecular weight is 450 g/mol. The van der Waals surface area contributed by atoms with E-state index < -0.39 is 0 Å². The molecule has 2 aromatic carbocycles. The molecular weight excluding hydrogens is 430 g/mol. The van der Waals surface area contributed by atoms with E-state index in [0.29, 0.717) is 43.0 Å². The Kier molecular flexibility index (Phi) is 5.87. The molecule has 0 fully saturated rings. The SMILES string of the molecule is Clc1ccc2[nH]c(-c3nc(COc4ccc(COCCn5ccnn5)cc4)co3)cc2c1. The zero-order chi connectivity index (χ0) is 21.8. The molecule has 1 N–H and O–H groups in total. The molecule has 5 aromatic rings. The van der Waals surface area contributed by atoms with Gasteiger partial charge in [0.15, 0.2) is 0 Å². The molecule has 0 aliphatic heterocycles. The van der Waals surface area contributed by atoms with E-state index in [1.807, 2.05) is 54.7 Å². The summed E-state index contributed by atoms with van der Waals surface area (Å²) in [5.74, 6) is 1.26. The van der Waals surface area contributed by atoms with Crippen molar-refractivity contribution in [3.05, 3.63) is 83.5 Å². The number of fused-ring (bicyclic) bond motifs is 1. The maximum atomic E-state index is 6.06. The Morgan fingerprint density at radius 1 is 1.06 bits per heavy atom. The number of aromatic nitrogens is 5. The van der Waals surface area contributed by atoms with E-state index in [1.54, 1.807) is 17.1 Å². The van der Waals surface area contributed by atoms with Crippen LogP contribution in [0.15, 0.2) is 71.6 Å². The van der Waals surface area contributed by atoms with Crippen LogP contribution in [0.3, 0.4) is 0 Å². The second-order valence-electron chi connectivity index (χ2n) is 7.21. The van der Waals surface area contributed by atoms with E-state index in [9.17, 15) is 0 Å². The van der Waals surface area contributed by atoms with Gasteiger partial charge in [0.2, 0.25) is 5.89 Å². The first-order valence-electron chi connectivity index (χ1n) is 10.1. The predicted molar refractivity (Wildman–Crippen MR) is 119 cm³/mol. The molecule has 0 amide bonds. The van der Waals surface area contributed by atoms with Gasteiger partial charge in [0, 0.05) is 22.1 Å². The normalized spacial score (nSPS) is 11.3. The largest absolute Gasteiger partial charge is 0.487 e. The van der Waals surface area contributed by atoms with Crippen molar-refractivity contribution in [2.24, 2.45) is 0 Å². The number of ether oxygens (including phenoxy) is 2. The van der Waals surface area contributed by atoms with Gasteiger partial charge in [0.25, 0.3) is 0 Å². The van der Waals surface area contributed by atoms with Crippen LogP contribution in [0.25, 0.3) is 22.5 Å². The van der Waals surface area contributed by atoms with Crippen LogP contribution in [0.5, 0.6) is 5.75 Å². The lowest BCUT2D eigenvalue weighted by Crippen LogP contribution is -2.06. The molecule has 0 unspecified atom stereocenters. The molecule has 0 saturated carbocycles. The van der Waals surface area contributed by atoms with Crippen LogP contribution in [-0.4, -0.2) is 31.6 Å². The van der Waals surface area contributed by atoms with Crippen molar-refractivity contribution in [3.8, 4) is 17.3 Å². The first-order chi connectivity index (χ1) is 15.7. The van der Waals surface area contributed by atoms with Gasteiger partial charge < -0.3 is 18.9 Å². The minimum absolute atomic E-state index is 0.309. The minimum atomic E-state index is 0.309. The Balaban J connectivity index is 1.12. The van der Waals surface area contributed by atoms with Crippen molar-refractivity contribution < 1.29 is 13.9 Å². The fraction of sp³-hybridized carbons (Fsp3) is 0.174. The lowest BCUT2D eigenvalue weighted by molar-refractivity contribution is 0.110. The van der Waals surface area contributed by atoms with Gasteiger partial charge in [-0.25, -0.2) is 4.98 Å². The predicted octanol–water partition coefficient (Wildman–Crippen LogP) is 4.86. The first kappa shape index (κ1) is 20.3. The Hall–Kier alpha value is -3.62. The van der Waals surface area contributed by atoms with E-state index in [1.165, 1.54) is 0 Å². The van der Waals surface area contributed by atoms with Gasteiger partial charge in [-0.05, 0) is 42.0 Å². The molecule has 0 aliphatic rings. The van der Waals surface area contributed by atoms with Crippen LogP contribution >= 0.6 is 11.6 Å².